The van der Waals surface area contributed by atoms with Crippen molar-refractivity contribution in [2.75, 3.05) is 19.5 Å². The zero-order valence-electron chi connectivity index (χ0n) is 22.2. The van der Waals surface area contributed by atoms with Crippen LogP contribution < -0.4 is 4.74 Å². The zero-order valence-corrected chi connectivity index (χ0v) is 23.8. The number of ether oxygens (including phenoxy) is 3. The highest BCUT2D eigenvalue weighted by molar-refractivity contribution is 7.91. The number of carbonyl (C=O) groups excluding carboxylic acids is 1. The average Bonchev–Trinajstić information content (AvgIpc) is 2.96. The Labute approximate surface area is 241 Å². The molecule has 6 atom stereocenters. The lowest BCUT2D eigenvalue weighted by Gasteiger charge is -2.40. The summed E-state index contributed by atoms with van der Waals surface area (Å²) in [6.45, 7) is 2.50. The molecule has 1 saturated heterocycles. The highest BCUT2D eigenvalue weighted by atomic mass is 35.5. The lowest BCUT2D eigenvalue weighted by molar-refractivity contribution is -0.218. The molecule has 0 saturated carbocycles. The fraction of sp³-hybridized carbons (Fsp3) is 0.367. The van der Waals surface area contributed by atoms with Crippen molar-refractivity contribution in [3.8, 4) is 5.75 Å². The SMILES string of the molecule is CCOc1ccc(Cc2cc([C@@H]3O[C@H](C[S+]([O-])c4ccc(CC(=O)OC)cc4)[C@H](O)[C@@H](O)[C@H]3O)ccc2Cl)cc1. The summed E-state index contributed by atoms with van der Waals surface area (Å²) in [6.07, 6.45) is -5.72. The number of benzene rings is 3. The lowest BCUT2D eigenvalue weighted by Crippen LogP contribution is -2.56. The maximum Gasteiger partial charge on any atom is 0.309 e. The van der Waals surface area contributed by atoms with E-state index in [1.165, 1.54) is 7.11 Å². The minimum absolute atomic E-state index is 0.0985. The van der Waals surface area contributed by atoms with Gasteiger partial charge in [-0.15, -0.1) is 0 Å². The first-order valence-electron chi connectivity index (χ1n) is 12.9. The first-order valence-corrected chi connectivity index (χ1v) is 14.6. The van der Waals surface area contributed by atoms with Crippen LogP contribution in [0.4, 0.5) is 0 Å². The van der Waals surface area contributed by atoms with Crippen LogP contribution in [0, 0.1) is 0 Å². The molecule has 10 heteroatoms. The molecule has 214 valence electrons. The Bertz CT molecular complexity index is 1270. The Morgan fingerprint density at radius 2 is 1.65 bits per heavy atom. The van der Waals surface area contributed by atoms with Gasteiger partial charge in [0.05, 0.1) is 20.1 Å². The van der Waals surface area contributed by atoms with Gasteiger partial charge in [-0.1, -0.05) is 48.0 Å². The van der Waals surface area contributed by atoms with Crippen LogP contribution >= 0.6 is 11.6 Å². The van der Waals surface area contributed by atoms with Gasteiger partial charge in [0.2, 0.25) is 0 Å². The van der Waals surface area contributed by atoms with Crippen LogP contribution in [-0.2, 0) is 38.3 Å². The van der Waals surface area contributed by atoms with Crippen molar-refractivity contribution in [2.24, 2.45) is 0 Å². The topological polar surface area (TPSA) is 129 Å². The van der Waals surface area contributed by atoms with E-state index >= 15 is 0 Å². The Hall–Kier alpha value is -2.63. The molecular weight excluding hydrogens is 556 g/mol. The molecule has 1 fully saturated rings. The molecule has 4 rings (SSSR count). The van der Waals surface area contributed by atoms with Gasteiger partial charge in [-0.25, -0.2) is 0 Å². The van der Waals surface area contributed by atoms with Gasteiger partial charge in [0, 0.05) is 5.02 Å². The minimum atomic E-state index is -1.59. The number of hydrogen-bond donors (Lipinski definition) is 3. The number of aliphatic hydroxyl groups excluding tert-OH is 3. The molecule has 1 aliphatic rings. The van der Waals surface area contributed by atoms with Crippen molar-refractivity contribution >= 4 is 28.7 Å². The van der Waals surface area contributed by atoms with Gasteiger partial charge in [-0.2, -0.15) is 0 Å². The molecule has 1 unspecified atom stereocenters. The number of rotatable bonds is 10. The van der Waals surface area contributed by atoms with E-state index in [1.54, 1.807) is 36.4 Å². The van der Waals surface area contributed by atoms with Crippen LogP contribution in [0.1, 0.15) is 35.3 Å². The fourth-order valence-corrected chi connectivity index (χ4v) is 6.00. The summed E-state index contributed by atoms with van der Waals surface area (Å²) in [5.41, 5.74) is 3.09. The first-order chi connectivity index (χ1) is 19.2. The van der Waals surface area contributed by atoms with E-state index in [0.717, 1.165) is 16.9 Å². The third-order valence-electron chi connectivity index (χ3n) is 6.82. The number of esters is 1. The van der Waals surface area contributed by atoms with Crippen LogP contribution in [0.5, 0.6) is 5.75 Å². The second kappa shape index (κ2) is 13.8. The average molecular weight is 589 g/mol. The molecule has 40 heavy (non-hydrogen) atoms. The van der Waals surface area contributed by atoms with E-state index in [4.69, 9.17) is 21.1 Å². The molecule has 3 N–H and O–H groups in total. The maximum atomic E-state index is 13.1. The number of hydrogen-bond acceptors (Lipinski definition) is 8. The Kier molecular flexibility index (Phi) is 10.5. The molecule has 0 radical (unpaired) electrons. The summed E-state index contributed by atoms with van der Waals surface area (Å²) in [7, 11) is 1.31. The predicted octanol–water partition coefficient (Wildman–Crippen LogP) is 3.38. The van der Waals surface area contributed by atoms with Crippen molar-refractivity contribution in [3.05, 3.63) is 94.0 Å². The molecule has 0 spiro atoms. The Morgan fingerprint density at radius 1 is 0.975 bits per heavy atom. The van der Waals surface area contributed by atoms with Crippen molar-refractivity contribution in [1.82, 2.24) is 0 Å². The highest BCUT2D eigenvalue weighted by Gasteiger charge is 2.46. The van der Waals surface area contributed by atoms with Gasteiger partial charge in [-0.05, 0) is 77.1 Å². The first kappa shape index (κ1) is 30.3. The van der Waals surface area contributed by atoms with Crippen LogP contribution in [0.3, 0.4) is 0 Å². The number of carbonyl (C=O) groups is 1. The van der Waals surface area contributed by atoms with Crippen LogP contribution in [-0.4, -0.2) is 69.7 Å². The van der Waals surface area contributed by atoms with E-state index in [2.05, 4.69) is 4.74 Å². The van der Waals surface area contributed by atoms with Gasteiger partial charge in [0.15, 0.2) is 4.90 Å². The number of halogens is 1. The van der Waals surface area contributed by atoms with Crippen molar-refractivity contribution < 1.29 is 38.9 Å². The van der Waals surface area contributed by atoms with Crippen molar-refractivity contribution in [3.63, 3.8) is 0 Å². The highest BCUT2D eigenvalue weighted by Crippen LogP contribution is 2.35. The number of methoxy groups -OCH3 is 1. The van der Waals surface area contributed by atoms with Crippen molar-refractivity contribution in [1.29, 1.82) is 0 Å². The maximum absolute atomic E-state index is 13.1. The summed E-state index contributed by atoms with van der Waals surface area (Å²) < 4.78 is 29.3. The normalized spacial score (nSPS) is 23.4. The lowest BCUT2D eigenvalue weighted by atomic mass is 9.90. The quantitative estimate of drug-likeness (QED) is 0.243. The molecule has 0 amide bonds. The number of aliphatic hydroxyl groups is 3. The molecule has 1 heterocycles. The van der Waals surface area contributed by atoms with E-state index in [1.807, 2.05) is 37.3 Å². The van der Waals surface area contributed by atoms with Crippen LogP contribution in [0.15, 0.2) is 71.6 Å². The molecule has 8 nitrogen and oxygen atoms in total. The van der Waals surface area contributed by atoms with E-state index in [-0.39, 0.29) is 18.1 Å². The fourth-order valence-electron chi connectivity index (χ4n) is 4.60. The Morgan fingerprint density at radius 3 is 2.30 bits per heavy atom. The van der Waals surface area contributed by atoms with E-state index in [0.29, 0.717) is 34.1 Å². The zero-order chi connectivity index (χ0) is 28.8. The molecule has 3 aromatic rings. The third-order valence-corrected chi connectivity index (χ3v) is 8.62. The van der Waals surface area contributed by atoms with Crippen molar-refractivity contribution in [2.45, 2.75) is 55.2 Å². The van der Waals surface area contributed by atoms with Crippen LogP contribution in [0.2, 0.25) is 5.02 Å². The molecule has 3 aromatic carbocycles. The predicted molar refractivity (Wildman–Crippen MR) is 151 cm³/mol. The van der Waals surface area contributed by atoms with Gasteiger partial charge in [0.25, 0.3) is 0 Å². The minimum Gasteiger partial charge on any atom is -0.611 e. The molecular formula is C30H33ClO8S. The summed E-state index contributed by atoms with van der Waals surface area (Å²) in [5, 5.41) is 32.6. The summed E-state index contributed by atoms with van der Waals surface area (Å²) in [4.78, 5) is 12.0. The van der Waals surface area contributed by atoms with E-state index < -0.39 is 41.7 Å². The smallest absolute Gasteiger partial charge is 0.309 e. The third kappa shape index (κ3) is 7.36. The largest absolute Gasteiger partial charge is 0.611 e. The van der Waals surface area contributed by atoms with Gasteiger partial charge in [0.1, 0.15) is 42.0 Å². The van der Waals surface area contributed by atoms with Crippen LogP contribution in [0.25, 0.3) is 0 Å². The second-order valence-corrected chi connectivity index (χ2v) is 11.5. The molecule has 0 bridgehead atoms. The molecule has 0 aliphatic carbocycles. The monoisotopic (exact) mass is 588 g/mol. The summed E-state index contributed by atoms with van der Waals surface area (Å²) in [6, 6.07) is 19.5. The van der Waals surface area contributed by atoms with E-state index in [9.17, 15) is 24.7 Å². The summed E-state index contributed by atoms with van der Waals surface area (Å²) >= 11 is 4.90. The molecule has 0 aromatic heterocycles. The standard InChI is InChI=1S/C30H33ClO8S/c1-3-38-22-9-4-18(5-10-22)14-21-16-20(8-13-24(21)31)30-29(35)28(34)27(33)25(39-30)17-40(36)23-11-6-19(7-12-23)15-26(32)37-2/h4-13,16,25,27-30,33-35H,3,14-15,17H2,1-2H3/t25-,27+,28-,29-,30+,40?/m1/s1. The van der Waals surface area contributed by atoms with Gasteiger partial charge < -0.3 is 34.1 Å². The van der Waals surface area contributed by atoms with Gasteiger partial charge >= 0.3 is 5.97 Å². The second-order valence-electron chi connectivity index (χ2n) is 9.58. The molecule has 1 aliphatic heterocycles. The summed E-state index contributed by atoms with van der Waals surface area (Å²) in [5.74, 6) is 0.290. The Balaban J connectivity index is 1.48. The van der Waals surface area contributed by atoms with Gasteiger partial charge in [-0.3, -0.25) is 4.79 Å².